The zero-order valence-electron chi connectivity index (χ0n) is 12.0. The van der Waals surface area contributed by atoms with Crippen LogP contribution in [-0.4, -0.2) is 35.0 Å². The third-order valence-electron chi connectivity index (χ3n) is 3.99. The van der Waals surface area contributed by atoms with E-state index in [1.165, 1.54) is 0 Å². The topological polar surface area (TPSA) is 57.6 Å². The Morgan fingerprint density at radius 2 is 2.29 bits per heavy atom. The van der Waals surface area contributed by atoms with Gasteiger partial charge in [0.05, 0.1) is 9.70 Å². The molecule has 0 radical (unpaired) electrons. The molecule has 2 rings (SSSR count). The van der Waals surface area contributed by atoms with E-state index < -0.39 is 5.97 Å². The average Bonchev–Trinajstić information content (AvgIpc) is 2.90. The average molecular weight is 374 g/mol. The molecule has 4 nitrogen and oxygen atoms in total. The number of aliphatic carboxylic acids is 1. The molecule has 1 N–H and O–H groups in total. The van der Waals surface area contributed by atoms with Crippen molar-refractivity contribution in [3.05, 3.63) is 20.8 Å². The number of nitrogens with zero attached hydrogens (tertiary/aromatic N) is 1. The second-order valence-corrected chi connectivity index (χ2v) is 8.08. The maximum atomic E-state index is 12.6. The summed E-state index contributed by atoms with van der Waals surface area (Å²) in [5.74, 6) is -0.403. The number of halogens is 1. The van der Waals surface area contributed by atoms with E-state index in [2.05, 4.69) is 15.9 Å². The molecule has 116 valence electrons. The van der Waals surface area contributed by atoms with Crippen molar-refractivity contribution in [1.29, 1.82) is 0 Å². The maximum Gasteiger partial charge on any atom is 0.303 e. The van der Waals surface area contributed by atoms with Gasteiger partial charge in [0.2, 0.25) is 5.91 Å². The summed E-state index contributed by atoms with van der Waals surface area (Å²) in [5.41, 5.74) is 0. The molecule has 1 aromatic heterocycles. The van der Waals surface area contributed by atoms with E-state index in [4.69, 9.17) is 5.11 Å². The monoisotopic (exact) mass is 373 g/mol. The van der Waals surface area contributed by atoms with Gasteiger partial charge < -0.3 is 10.0 Å². The molecule has 0 aromatic carbocycles. The molecule has 1 aliphatic heterocycles. The van der Waals surface area contributed by atoms with E-state index in [0.717, 1.165) is 28.0 Å². The zero-order valence-corrected chi connectivity index (χ0v) is 14.5. The zero-order chi connectivity index (χ0) is 15.4. The van der Waals surface area contributed by atoms with Gasteiger partial charge >= 0.3 is 5.97 Å². The van der Waals surface area contributed by atoms with Crippen molar-refractivity contribution in [3.8, 4) is 0 Å². The second-order valence-electron chi connectivity index (χ2n) is 5.59. The Kier molecular flexibility index (Phi) is 5.81. The van der Waals surface area contributed by atoms with Crippen LogP contribution in [0.5, 0.6) is 0 Å². The largest absolute Gasteiger partial charge is 0.481 e. The van der Waals surface area contributed by atoms with Crippen LogP contribution in [0.2, 0.25) is 0 Å². The molecule has 0 bridgehead atoms. The van der Waals surface area contributed by atoms with Crippen LogP contribution < -0.4 is 0 Å². The molecule has 2 atom stereocenters. The molecule has 0 unspecified atom stereocenters. The van der Waals surface area contributed by atoms with Gasteiger partial charge in [-0.3, -0.25) is 9.59 Å². The predicted molar refractivity (Wildman–Crippen MR) is 86.6 cm³/mol. The van der Waals surface area contributed by atoms with Crippen LogP contribution in [-0.2, 0) is 9.59 Å². The number of rotatable bonds is 5. The van der Waals surface area contributed by atoms with Gasteiger partial charge in [0, 0.05) is 24.4 Å². The quantitative estimate of drug-likeness (QED) is 0.855. The second kappa shape index (κ2) is 7.40. The highest BCUT2D eigenvalue weighted by Crippen LogP contribution is 2.31. The Labute approximate surface area is 137 Å². The van der Waals surface area contributed by atoms with Crippen LogP contribution in [0.25, 0.3) is 0 Å². The van der Waals surface area contributed by atoms with Gasteiger partial charge in [0.25, 0.3) is 0 Å². The Balaban J connectivity index is 1.93. The van der Waals surface area contributed by atoms with Crippen LogP contribution in [0.4, 0.5) is 0 Å². The summed E-state index contributed by atoms with van der Waals surface area (Å²) in [6.45, 7) is 3.43. The summed E-state index contributed by atoms with van der Waals surface area (Å²) >= 11 is 5.02. The van der Waals surface area contributed by atoms with Gasteiger partial charge in [0.1, 0.15) is 0 Å². The lowest BCUT2D eigenvalue weighted by Crippen LogP contribution is -2.41. The molecule has 1 fully saturated rings. The van der Waals surface area contributed by atoms with Crippen molar-refractivity contribution in [1.82, 2.24) is 4.90 Å². The molecule has 1 aliphatic rings. The summed E-state index contributed by atoms with van der Waals surface area (Å²) in [5, 5.41) is 8.77. The van der Waals surface area contributed by atoms with Gasteiger partial charge in [-0.25, -0.2) is 0 Å². The molecule has 1 amide bonds. The third-order valence-corrected chi connectivity index (χ3v) is 5.79. The highest BCUT2D eigenvalue weighted by Gasteiger charge is 2.28. The van der Waals surface area contributed by atoms with Crippen molar-refractivity contribution in [2.45, 2.75) is 38.5 Å². The number of carboxylic acid groups (broad SMARTS) is 1. The van der Waals surface area contributed by atoms with Crippen LogP contribution in [0.1, 0.15) is 43.4 Å². The summed E-state index contributed by atoms with van der Waals surface area (Å²) in [6.07, 6.45) is 2.85. The molecule has 6 heteroatoms. The fraction of sp³-hybridized carbons (Fsp3) is 0.600. The number of carbonyl (C=O) groups is 2. The molecular weight excluding hydrogens is 354 g/mol. The molecular formula is C15H20BrNO3S. The highest BCUT2D eigenvalue weighted by molar-refractivity contribution is 9.11. The Hall–Kier alpha value is -0.880. The third kappa shape index (κ3) is 4.54. The van der Waals surface area contributed by atoms with Gasteiger partial charge in [-0.1, -0.05) is 0 Å². The minimum absolute atomic E-state index is 0.125. The molecule has 21 heavy (non-hydrogen) atoms. The summed E-state index contributed by atoms with van der Waals surface area (Å²) in [7, 11) is 0. The number of amides is 1. The lowest BCUT2D eigenvalue weighted by atomic mass is 9.92. The first-order valence-electron chi connectivity index (χ1n) is 7.23. The minimum Gasteiger partial charge on any atom is -0.481 e. The van der Waals surface area contributed by atoms with Crippen molar-refractivity contribution < 1.29 is 14.7 Å². The van der Waals surface area contributed by atoms with E-state index in [1.54, 1.807) is 11.3 Å². The normalized spacial score (nSPS) is 20.3. The molecule has 0 aliphatic carbocycles. The number of piperidine rings is 1. The smallest absolute Gasteiger partial charge is 0.303 e. The van der Waals surface area contributed by atoms with Gasteiger partial charge in [-0.15, -0.1) is 11.3 Å². The molecule has 1 saturated heterocycles. The van der Waals surface area contributed by atoms with E-state index in [9.17, 15) is 9.59 Å². The number of carbonyl (C=O) groups excluding carboxylic acids is 1. The van der Waals surface area contributed by atoms with Crippen LogP contribution in [0.3, 0.4) is 0 Å². The van der Waals surface area contributed by atoms with Crippen LogP contribution in [0, 0.1) is 5.92 Å². The van der Waals surface area contributed by atoms with Crippen LogP contribution >= 0.6 is 27.3 Å². The summed E-state index contributed by atoms with van der Waals surface area (Å²) in [4.78, 5) is 26.2. The Bertz CT molecular complexity index is 517. The standard InChI is InChI=1S/C15H20BrNO3S/c1-10(12-5-6-13(16)21-12)15(20)17-8-2-3-11(9-17)4-7-14(18)19/h5-6,10-11H,2-4,7-9H2,1H3,(H,18,19)/t10-,11+/m0/s1. The number of hydrogen-bond donors (Lipinski definition) is 1. The molecule has 0 spiro atoms. The van der Waals surface area contributed by atoms with Gasteiger partial charge in [-0.05, 0) is 60.2 Å². The fourth-order valence-electron chi connectivity index (χ4n) is 2.79. The van der Waals surface area contributed by atoms with Crippen molar-refractivity contribution in [2.75, 3.05) is 13.1 Å². The molecule has 1 aromatic rings. The van der Waals surface area contributed by atoms with Crippen molar-refractivity contribution in [3.63, 3.8) is 0 Å². The SMILES string of the molecule is C[C@H](C(=O)N1CCC[C@H](CCC(=O)O)C1)c1ccc(Br)s1. The summed E-state index contributed by atoms with van der Waals surface area (Å²) in [6, 6.07) is 3.96. The molecule has 2 heterocycles. The van der Waals surface area contributed by atoms with Gasteiger partial charge in [-0.2, -0.15) is 0 Å². The lowest BCUT2D eigenvalue weighted by Gasteiger charge is -2.34. The summed E-state index contributed by atoms with van der Waals surface area (Å²) < 4.78 is 1.04. The Morgan fingerprint density at radius 1 is 1.52 bits per heavy atom. The maximum absolute atomic E-state index is 12.6. The first-order chi connectivity index (χ1) is 9.97. The number of likely N-dealkylation sites (tertiary alicyclic amines) is 1. The molecule has 0 saturated carbocycles. The Morgan fingerprint density at radius 3 is 2.90 bits per heavy atom. The van der Waals surface area contributed by atoms with Gasteiger partial charge in [0.15, 0.2) is 0 Å². The lowest BCUT2D eigenvalue weighted by molar-refractivity contribution is -0.137. The van der Waals surface area contributed by atoms with E-state index in [-0.39, 0.29) is 18.2 Å². The fourth-order valence-corrected chi connectivity index (χ4v) is 4.25. The van der Waals surface area contributed by atoms with Crippen LogP contribution in [0.15, 0.2) is 15.9 Å². The predicted octanol–water partition coefficient (Wildman–Crippen LogP) is 3.72. The van der Waals surface area contributed by atoms with E-state index >= 15 is 0 Å². The van der Waals surface area contributed by atoms with E-state index in [1.807, 2.05) is 24.0 Å². The van der Waals surface area contributed by atoms with Crippen molar-refractivity contribution in [2.24, 2.45) is 5.92 Å². The number of carboxylic acids is 1. The van der Waals surface area contributed by atoms with E-state index in [0.29, 0.717) is 18.9 Å². The number of thiophene rings is 1. The first-order valence-corrected chi connectivity index (χ1v) is 8.84. The first kappa shape index (κ1) is 16.5. The highest BCUT2D eigenvalue weighted by atomic mass is 79.9. The minimum atomic E-state index is -0.754. The number of hydrogen-bond acceptors (Lipinski definition) is 3. The van der Waals surface area contributed by atoms with Crippen molar-refractivity contribution >= 4 is 39.1 Å².